The van der Waals surface area contributed by atoms with Crippen LogP contribution in [0.15, 0.2) is 102 Å². The van der Waals surface area contributed by atoms with Crippen LogP contribution in [0.4, 0.5) is 0 Å². The molecule has 0 N–H and O–H groups in total. The Bertz CT molecular complexity index is 1210. The van der Waals surface area contributed by atoms with Gasteiger partial charge in [-0.05, 0) is 29.3 Å². The number of para-hydroxylation sites is 2. The molecule has 3 aromatic carbocycles. The van der Waals surface area contributed by atoms with Crippen LogP contribution in [0.3, 0.4) is 0 Å². The lowest BCUT2D eigenvalue weighted by molar-refractivity contribution is 0.103. The Labute approximate surface area is 168 Å². The molecular weight excluding hydrogens is 362 g/mol. The normalized spacial score (nSPS) is 10.5. The maximum Gasteiger partial charge on any atom is 0.267 e. The summed E-state index contributed by atoms with van der Waals surface area (Å²) in [5, 5.41) is 0. The summed E-state index contributed by atoms with van der Waals surface area (Å²) in [7, 11) is 1.55. The van der Waals surface area contributed by atoms with Crippen molar-refractivity contribution < 1.29 is 9.53 Å². The molecule has 4 aromatic rings. The number of carbonyl (C=O) groups is 1. The third kappa shape index (κ3) is 3.48. The molecule has 0 fully saturated rings. The van der Waals surface area contributed by atoms with E-state index < -0.39 is 0 Å². The number of carbonyl (C=O) groups excluding carboxylic acids is 1. The van der Waals surface area contributed by atoms with Crippen LogP contribution in [0.1, 0.15) is 15.9 Å². The monoisotopic (exact) mass is 381 g/mol. The van der Waals surface area contributed by atoms with Gasteiger partial charge in [-0.3, -0.25) is 14.2 Å². The summed E-state index contributed by atoms with van der Waals surface area (Å²) in [6, 6.07) is 27.4. The minimum absolute atomic E-state index is 0.135. The van der Waals surface area contributed by atoms with E-state index in [0.29, 0.717) is 22.6 Å². The molecule has 4 rings (SSSR count). The Morgan fingerprint density at radius 3 is 2.10 bits per heavy atom. The summed E-state index contributed by atoms with van der Waals surface area (Å²) in [5.41, 5.74) is 2.23. The lowest BCUT2D eigenvalue weighted by Gasteiger charge is -2.15. The Hall–Kier alpha value is -3.92. The van der Waals surface area contributed by atoms with Crippen LogP contribution in [0.2, 0.25) is 0 Å². The van der Waals surface area contributed by atoms with E-state index in [4.69, 9.17) is 4.74 Å². The molecule has 1 aromatic heterocycles. The molecule has 29 heavy (non-hydrogen) atoms. The summed E-state index contributed by atoms with van der Waals surface area (Å²) >= 11 is 0. The highest BCUT2D eigenvalue weighted by Crippen LogP contribution is 2.26. The zero-order chi connectivity index (χ0) is 20.2. The van der Waals surface area contributed by atoms with Gasteiger partial charge in [-0.1, -0.05) is 72.8 Å². The second-order valence-corrected chi connectivity index (χ2v) is 6.51. The Kier molecular flexibility index (Phi) is 5.08. The van der Waals surface area contributed by atoms with Crippen LogP contribution in [0.25, 0.3) is 16.8 Å². The minimum Gasteiger partial charge on any atom is -0.495 e. The van der Waals surface area contributed by atoms with E-state index in [2.05, 4.69) is 0 Å². The number of methoxy groups -OCH3 is 1. The van der Waals surface area contributed by atoms with E-state index in [0.717, 1.165) is 5.56 Å². The summed E-state index contributed by atoms with van der Waals surface area (Å²) in [6.45, 7) is 0. The molecule has 0 amide bonds. The van der Waals surface area contributed by atoms with Crippen LogP contribution in [0.5, 0.6) is 5.75 Å². The molecule has 0 saturated heterocycles. The molecule has 0 saturated carbocycles. The second kappa shape index (κ2) is 7.98. The summed E-state index contributed by atoms with van der Waals surface area (Å²) in [4.78, 5) is 26.9. The zero-order valence-electron chi connectivity index (χ0n) is 15.9. The highest BCUT2D eigenvalue weighted by atomic mass is 16.5. The molecule has 0 aliphatic heterocycles. The van der Waals surface area contributed by atoms with Crippen LogP contribution in [-0.4, -0.2) is 17.5 Å². The van der Waals surface area contributed by atoms with E-state index in [-0.39, 0.29) is 16.9 Å². The Morgan fingerprint density at radius 1 is 0.793 bits per heavy atom. The van der Waals surface area contributed by atoms with Crippen molar-refractivity contribution in [2.75, 3.05) is 7.11 Å². The van der Waals surface area contributed by atoms with Crippen molar-refractivity contribution in [2.24, 2.45) is 0 Å². The molecule has 0 radical (unpaired) electrons. The first kappa shape index (κ1) is 18.4. The van der Waals surface area contributed by atoms with Crippen molar-refractivity contribution in [1.82, 2.24) is 4.57 Å². The highest BCUT2D eigenvalue weighted by Gasteiger charge is 2.21. The van der Waals surface area contributed by atoms with Gasteiger partial charge in [0.1, 0.15) is 5.75 Å². The molecule has 4 nitrogen and oxygen atoms in total. The first-order chi connectivity index (χ1) is 14.2. The number of hydrogen-bond acceptors (Lipinski definition) is 3. The number of pyridine rings is 1. The van der Waals surface area contributed by atoms with Gasteiger partial charge in [0.25, 0.3) is 5.56 Å². The van der Waals surface area contributed by atoms with Crippen molar-refractivity contribution in [2.45, 2.75) is 0 Å². The van der Waals surface area contributed by atoms with Crippen LogP contribution in [-0.2, 0) is 0 Å². The van der Waals surface area contributed by atoms with Gasteiger partial charge in [-0.25, -0.2) is 0 Å². The predicted octanol–water partition coefficient (Wildman–Crippen LogP) is 4.74. The average molecular weight is 381 g/mol. The maximum atomic E-state index is 13.5. The number of benzene rings is 3. The number of rotatable bonds is 5. The number of aromatic nitrogens is 1. The molecule has 0 bridgehead atoms. The van der Waals surface area contributed by atoms with Gasteiger partial charge in [0.05, 0.1) is 18.4 Å². The third-order valence-corrected chi connectivity index (χ3v) is 4.78. The summed E-state index contributed by atoms with van der Waals surface area (Å²) in [6.07, 6.45) is 1.68. The number of ether oxygens (including phenoxy) is 1. The lowest BCUT2D eigenvalue weighted by atomic mass is 9.95. The van der Waals surface area contributed by atoms with Crippen molar-refractivity contribution in [3.63, 3.8) is 0 Å². The molecule has 0 unspecified atom stereocenters. The molecular formula is C25H19NO3. The fourth-order valence-corrected chi connectivity index (χ4v) is 3.37. The van der Waals surface area contributed by atoms with Crippen molar-refractivity contribution in [3.8, 4) is 22.6 Å². The molecule has 0 atom stereocenters. The van der Waals surface area contributed by atoms with Gasteiger partial charge in [0, 0.05) is 11.8 Å². The van der Waals surface area contributed by atoms with E-state index in [1.807, 2.05) is 48.5 Å². The number of ketones is 1. The third-order valence-electron chi connectivity index (χ3n) is 4.78. The lowest BCUT2D eigenvalue weighted by Crippen LogP contribution is -2.26. The van der Waals surface area contributed by atoms with Crippen molar-refractivity contribution >= 4 is 5.78 Å². The fraction of sp³-hybridized carbons (Fsp3) is 0.0400. The van der Waals surface area contributed by atoms with Gasteiger partial charge in [-0.2, -0.15) is 0 Å². The van der Waals surface area contributed by atoms with Gasteiger partial charge < -0.3 is 4.74 Å². The SMILES string of the molecule is COc1ccccc1-n1ccc(-c2ccccc2)c(C(=O)c2ccccc2)c1=O. The van der Waals surface area contributed by atoms with E-state index in [1.54, 1.807) is 55.8 Å². The number of nitrogens with zero attached hydrogens (tertiary/aromatic N) is 1. The quantitative estimate of drug-likeness (QED) is 0.469. The zero-order valence-corrected chi connectivity index (χ0v) is 15.9. The second-order valence-electron chi connectivity index (χ2n) is 6.51. The smallest absolute Gasteiger partial charge is 0.267 e. The predicted molar refractivity (Wildman–Crippen MR) is 114 cm³/mol. The topological polar surface area (TPSA) is 48.3 Å². The molecule has 0 aliphatic carbocycles. The average Bonchev–Trinajstić information content (AvgIpc) is 2.79. The van der Waals surface area contributed by atoms with Crippen LogP contribution >= 0.6 is 0 Å². The van der Waals surface area contributed by atoms with Gasteiger partial charge in [0.15, 0.2) is 5.78 Å². The summed E-state index contributed by atoms with van der Waals surface area (Å²) < 4.78 is 6.87. The molecule has 142 valence electrons. The number of hydrogen-bond donors (Lipinski definition) is 0. The van der Waals surface area contributed by atoms with E-state index >= 15 is 0 Å². The van der Waals surface area contributed by atoms with Crippen molar-refractivity contribution in [3.05, 3.63) is 119 Å². The summed E-state index contributed by atoms with van der Waals surface area (Å²) in [5.74, 6) is 0.249. The molecule has 0 aliphatic rings. The molecule has 1 heterocycles. The van der Waals surface area contributed by atoms with Crippen LogP contribution < -0.4 is 10.3 Å². The highest BCUT2D eigenvalue weighted by molar-refractivity contribution is 6.12. The Balaban J connectivity index is 1.99. The standard InChI is InChI=1S/C25H19NO3/c1-29-22-15-9-8-14-21(22)26-17-16-20(18-10-4-2-5-11-18)23(25(26)28)24(27)19-12-6-3-7-13-19/h2-17H,1H3. The van der Waals surface area contributed by atoms with E-state index in [1.165, 1.54) is 4.57 Å². The Morgan fingerprint density at radius 2 is 1.41 bits per heavy atom. The first-order valence-corrected chi connectivity index (χ1v) is 9.25. The first-order valence-electron chi connectivity index (χ1n) is 9.25. The minimum atomic E-state index is -0.385. The largest absolute Gasteiger partial charge is 0.495 e. The molecule has 4 heteroatoms. The molecule has 0 spiro atoms. The fourth-order valence-electron chi connectivity index (χ4n) is 3.37. The van der Waals surface area contributed by atoms with E-state index in [9.17, 15) is 9.59 Å². The maximum absolute atomic E-state index is 13.5. The van der Waals surface area contributed by atoms with Gasteiger partial charge >= 0.3 is 0 Å². The van der Waals surface area contributed by atoms with Gasteiger partial charge in [-0.15, -0.1) is 0 Å². The van der Waals surface area contributed by atoms with Crippen molar-refractivity contribution in [1.29, 1.82) is 0 Å². The van der Waals surface area contributed by atoms with Gasteiger partial charge in [0.2, 0.25) is 0 Å². The van der Waals surface area contributed by atoms with Crippen LogP contribution in [0, 0.1) is 0 Å².